The number of rotatable bonds is 19. The number of nitrogens with one attached hydrogen (secondary N) is 3. The lowest BCUT2D eigenvalue weighted by atomic mass is 9.94. The largest absolute Gasteiger partial charge is 0.466 e. The molecule has 478 valence electrons. The molecule has 10 atom stereocenters. The van der Waals surface area contributed by atoms with Gasteiger partial charge in [-0.25, -0.2) is 4.79 Å². The number of hydrogen-bond acceptors (Lipinski definition) is 13. The maximum Gasteiger partial charge on any atom is 0.332 e. The number of amides is 8. The Bertz CT molecular complexity index is 2610. The molecule has 0 saturated carbocycles. The van der Waals surface area contributed by atoms with Crippen LogP contribution in [0.4, 0.5) is 0 Å². The number of unbranched alkanes of at least 4 members (excludes halogenated alkanes) is 2. The minimum atomic E-state index is -2.00. The summed E-state index contributed by atoms with van der Waals surface area (Å²) >= 11 is 0. The molecular formula is C65H100N8O13. The average Bonchev–Trinajstić information content (AvgIpc) is 1.68. The quantitative estimate of drug-likeness (QED) is 0.104. The molecule has 2 heterocycles. The van der Waals surface area contributed by atoms with E-state index in [0.29, 0.717) is 30.4 Å². The van der Waals surface area contributed by atoms with Crippen molar-refractivity contribution in [1.82, 2.24) is 40.4 Å². The fourth-order valence-corrected chi connectivity index (χ4v) is 11.6. The van der Waals surface area contributed by atoms with Crippen molar-refractivity contribution >= 4 is 59.2 Å². The highest BCUT2D eigenvalue weighted by Gasteiger charge is 2.48. The topological polar surface area (TPSA) is 262 Å². The van der Waals surface area contributed by atoms with E-state index >= 15 is 19.2 Å². The molecule has 0 spiro atoms. The van der Waals surface area contributed by atoms with Gasteiger partial charge in [-0.15, -0.1) is 0 Å². The van der Waals surface area contributed by atoms with Crippen molar-refractivity contribution in [3.05, 3.63) is 71.8 Å². The molecule has 0 unspecified atom stereocenters. The standard InChI is InChI=1S/C65H100N8O13/c1-16-18-21-34-51(74)85-36-27-32-46-59(78)70(13)52(41(5)6)57(76)67-47(37-40(3)4)61(80)72(15)55(65(10,11)84)64(83)86-54(43(9)17-2)63(82)71(14)53(42(7)8)58(77)68-48(38-44-28-22-19-23-29-44)60(79)69(12)50(39-45-30-24-20-25-31-45)62(81)73-35-26-33-49(73)56(75)66-46/h19-20,22-25,28-31,40-43,46-50,52-55,84H,16-18,21,26-27,32-39H2,1-15H3,(H,66,75)(H,67,76)(H,68,77)/t43-,46+,47+,48+,49+,50+,52+,53+,54-,55-/m1/s1. The first-order chi connectivity index (χ1) is 40.5. The van der Waals surface area contributed by atoms with Crippen LogP contribution < -0.4 is 16.0 Å². The van der Waals surface area contributed by atoms with Crippen LogP contribution in [0.2, 0.25) is 0 Å². The molecule has 4 N–H and O–H groups in total. The van der Waals surface area contributed by atoms with Crippen molar-refractivity contribution in [2.75, 3.05) is 41.3 Å². The van der Waals surface area contributed by atoms with Crippen LogP contribution in [-0.2, 0) is 70.3 Å². The molecule has 2 aromatic rings. The van der Waals surface area contributed by atoms with Gasteiger partial charge in [0.25, 0.3) is 5.91 Å². The number of carbonyl (C=O) groups excluding carboxylic acids is 10. The smallest absolute Gasteiger partial charge is 0.332 e. The summed E-state index contributed by atoms with van der Waals surface area (Å²) in [6.45, 7) is 18.7. The van der Waals surface area contributed by atoms with E-state index in [4.69, 9.17) is 9.47 Å². The highest BCUT2D eigenvalue weighted by atomic mass is 16.6. The van der Waals surface area contributed by atoms with Crippen LogP contribution in [0.5, 0.6) is 0 Å². The minimum Gasteiger partial charge on any atom is -0.466 e. The van der Waals surface area contributed by atoms with Crippen LogP contribution in [0.3, 0.4) is 0 Å². The monoisotopic (exact) mass is 1200 g/mol. The molecule has 21 heteroatoms. The number of carbonyl (C=O) groups is 10. The number of ether oxygens (including phenoxy) is 2. The number of likely N-dealkylation sites (N-methyl/N-ethyl adjacent to an activating group) is 4. The summed E-state index contributed by atoms with van der Waals surface area (Å²) in [4.78, 5) is 154. The first kappa shape index (κ1) is 71.6. The van der Waals surface area contributed by atoms with Gasteiger partial charge in [0.05, 0.1) is 12.2 Å². The zero-order valence-electron chi connectivity index (χ0n) is 53.8. The Kier molecular flexibility index (Phi) is 27.7. The molecule has 8 amide bonds. The Morgan fingerprint density at radius 2 is 1.15 bits per heavy atom. The highest BCUT2D eigenvalue weighted by molar-refractivity contribution is 5.99. The van der Waals surface area contributed by atoms with Crippen LogP contribution >= 0.6 is 0 Å². The van der Waals surface area contributed by atoms with Gasteiger partial charge in [0, 0.05) is 59.9 Å². The molecule has 4 rings (SSSR count). The van der Waals surface area contributed by atoms with Crippen LogP contribution in [0.25, 0.3) is 0 Å². The molecular weight excluding hydrogens is 1100 g/mol. The average molecular weight is 1200 g/mol. The molecule has 2 saturated heterocycles. The lowest BCUT2D eigenvalue weighted by Crippen LogP contribution is -2.62. The Labute approximate surface area is 510 Å². The normalized spacial score (nSPS) is 24.8. The fraction of sp³-hybridized carbons (Fsp3) is 0.662. The molecule has 0 radical (unpaired) electrons. The van der Waals surface area contributed by atoms with Crippen LogP contribution in [0.15, 0.2) is 60.7 Å². The molecule has 2 aliphatic rings. The highest BCUT2D eigenvalue weighted by Crippen LogP contribution is 2.27. The van der Waals surface area contributed by atoms with Crippen molar-refractivity contribution < 1.29 is 62.5 Å². The van der Waals surface area contributed by atoms with Gasteiger partial charge in [0.1, 0.15) is 42.3 Å². The van der Waals surface area contributed by atoms with Gasteiger partial charge in [-0.2, -0.15) is 0 Å². The van der Waals surface area contributed by atoms with Gasteiger partial charge >= 0.3 is 11.9 Å². The first-order valence-corrected chi connectivity index (χ1v) is 30.9. The van der Waals surface area contributed by atoms with Gasteiger partial charge in [0.2, 0.25) is 41.4 Å². The molecule has 21 nitrogen and oxygen atoms in total. The summed E-state index contributed by atoms with van der Waals surface area (Å²) in [5.74, 6) is -9.16. The molecule has 0 aromatic heterocycles. The van der Waals surface area contributed by atoms with Crippen LogP contribution in [-0.4, -0.2) is 190 Å². The zero-order chi connectivity index (χ0) is 64.3. The maximum absolute atomic E-state index is 15.4. The fourth-order valence-electron chi connectivity index (χ4n) is 11.6. The lowest BCUT2D eigenvalue weighted by molar-refractivity contribution is -0.177. The van der Waals surface area contributed by atoms with Gasteiger partial charge in [-0.3, -0.25) is 43.2 Å². The zero-order valence-corrected chi connectivity index (χ0v) is 53.8. The van der Waals surface area contributed by atoms with Crippen molar-refractivity contribution in [2.45, 2.75) is 213 Å². The van der Waals surface area contributed by atoms with E-state index in [0.717, 1.165) is 17.7 Å². The van der Waals surface area contributed by atoms with Crippen molar-refractivity contribution in [3.8, 4) is 0 Å². The molecule has 2 aliphatic heterocycles. The number of fused-ring (bicyclic) bond motifs is 1. The lowest BCUT2D eigenvalue weighted by Gasteiger charge is -2.39. The third-order valence-corrected chi connectivity index (χ3v) is 16.5. The number of benzene rings is 2. The number of hydrogen-bond donors (Lipinski definition) is 4. The van der Waals surface area contributed by atoms with Gasteiger partial charge in [-0.1, -0.05) is 136 Å². The third kappa shape index (κ3) is 19.6. The number of esters is 2. The Morgan fingerprint density at radius 3 is 1.67 bits per heavy atom. The molecule has 0 bridgehead atoms. The Balaban J connectivity index is 1.96. The van der Waals surface area contributed by atoms with E-state index in [1.165, 1.54) is 61.6 Å². The maximum atomic E-state index is 15.4. The summed E-state index contributed by atoms with van der Waals surface area (Å²) in [5.41, 5.74) is -0.630. The number of aliphatic hydroxyl groups is 1. The second-order valence-electron chi connectivity index (χ2n) is 25.2. The molecule has 2 fully saturated rings. The molecule has 0 aliphatic carbocycles. The summed E-state index contributed by atoms with van der Waals surface area (Å²) in [6.07, 6.45) is 2.11. The van der Waals surface area contributed by atoms with E-state index in [1.54, 1.807) is 77.9 Å². The summed E-state index contributed by atoms with van der Waals surface area (Å²) < 4.78 is 11.6. The second-order valence-corrected chi connectivity index (χ2v) is 25.2. The predicted molar refractivity (Wildman–Crippen MR) is 326 cm³/mol. The number of cyclic esters (lactones) is 1. The SMILES string of the molecule is CCCCCC(=O)OCCC[C@@H]1NC(=O)[C@@H]2CCCN2C(=O)[C@H](Cc2ccccc2)N(C)C(=O)[C@H](Cc2ccccc2)NC(=O)[C@H](C(C)C)N(C)C(=O)[C@@H]([C@H](C)CC)OC(=O)[C@H](C(C)(C)O)N(C)C(=O)[C@H](CC(C)C)NC(=O)[C@H](C(C)C)N(C)C1=O. The van der Waals surface area contributed by atoms with E-state index in [1.807, 2.05) is 45.0 Å². The van der Waals surface area contributed by atoms with Crippen LogP contribution in [0.1, 0.15) is 151 Å². The third-order valence-electron chi connectivity index (χ3n) is 16.5. The van der Waals surface area contributed by atoms with Crippen molar-refractivity contribution in [3.63, 3.8) is 0 Å². The van der Waals surface area contributed by atoms with E-state index in [9.17, 15) is 33.9 Å². The second kappa shape index (κ2) is 33.3. The summed E-state index contributed by atoms with van der Waals surface area (Å²) in [5, 5.41) is 20.4. The van der Waals surface area contributed by atoms with Crippen LogP contribution in [0, 0.1) is 23.7 Å². The summed E-state index contributed by atoms with van der Waals surface area (Å²) in [7, 11) is 5.57. The van der Waals surface area contributed by atoms with E-state index in [2.05, 4.69) is 16.0 Å². The van der Waals surface area contributed by atoms with Crippen molar-refractivity contribution in [2.24, 2.45) is 23.7 Å². The Morgan fingerprint density at radius 1 is 0.640 bits per heavy atom. The Hall–Kier alpha value is -6.90. The van der Waals surface area contributed by atoms with E-state index < -0.39 is 137 Å². The van der Waals surface area contributed by atoms with Crippen molar-refractivity contribution in [1.29, 1.82) is 0 Å². The van der Waals surface area contributed by atoms with E-state index in [-0.39, 0.29) is 64.0 Å². The molecule has 2 aromatic carbocycles. The minimum absolute atomic E-state index is 0.00972. The predicted octanol–water partition coefficient (Wildman–Crippen LogP) is 5.23. The number of nitrogens with zero attached hydrogens (tertiary/aromatic N) is 5. The first-order valence-electron chi connectivity index (χ1n) is 30.9. The van der Waals surface area contributed by atoms with Gasteiger partial charge in [0.15, 0.2) is 12.1 Å². The molecule has 86 heavy (non-hydrogen) atoms. The van der Waals surface area contributed by atoms with Gasteiger partial charge < -0.3 is 55.0 Å². The summed E-state index contributed by atoms with van der Waals surface area (Å²) in [6, 6.07) is 7.46. The van der Waals surface area contributed by atoms with Gasteiger partial charge in [-0.05, 0) is 87.7 Å².